The number of hydrogen-bond acceptors (Lipinski definition) is 5. The van der Waals surface area contributed by atoms with Gasteiger partial charge in [0.1, 0.15) is 5.02 Å². The van der Waals surface area contributed by atoms with Crippen molar-refractivity contribution in [2.45, 2.75) is 26.8 Å². The van der Waals surface area contributed by atoms with E-state index in [2.05, 4.69) is 38.9 Å². The molecule has 0 radical (unpaired) electrons. The van der Waals surface area contributed by atoms with Crippen LogP contribution < -0.4 is 10.2 Å². The zero-order chi connectivity index (χ0) is 13.8. The van der Waals surface area contributed by atoms with Crippen LogP contribution >= 0.6 is 11.6 Å². The molecule has 1 atom stereocenters. The Morgan fingerprint density at radius 2 is 2.21 bits per heavy atom. The minimum Gasteiger partial charge on any atom is -0.354 e. The maximum atomic E-state index is 6.24. The Morgan fingerprint density at radius 3 is 2.84 bits per heavy atom. The lowest BCUT2D eigenvalue weighted by atomic mass is 10.2. The molecule has 0 aromatic carbocycles. The molecule has 1 aliphatic rings. The third-order valence-electron chi connectivity index (χ3n) is 3.53. The van der Waals surface area contributed by atoms with Gasteiger partial charge < -0.3 is 10.2 Å². The first-order valence-electron chi connectivity index (χ1n) is 6.91. The van der Waals surface area contributed by atoms with Crippen LogP contribution in [0.4, 0.5) is 11.8 Å². The molecule has 1 N–H and O–H groups in total. The van der Waals surface area contributed by atoms with Crippen LogP contribution in [0.15, 0.2) is 6.20 Å². The van der Waals surface area contributed by atoms with Gasteiger partial charge in [0.05, 0.1) is 6.20 Å². The van der Waals surface area contributed by atoms with E-state index < -0.39 is 0 Å². The molecule has 19 heavy (non-hydrogen) atoms. The van der Waals surface area contributed by atoms with Gasteiger partial charge in [0, 0.05) is 32.2 Å². The molecular formula is C13H22ClN5. The van der Waals surface area contributed by atoms with E-state index in [4.69, 9.17) is 11.6 Å². The molecule has 0 aliphatic carbocycles. The fourth-order valence-corrected chi connectivity index (χ4v) is 2.69. The fraction of sp³-hybridized carbons (Fsp3) is 0.692. The van der Waals surface area contributed by atoms with Gasteiger partial charge >= 0.3 is 0 Å². The summed E-state index contributed by atoms with van der Waals surface area (Å²) in [5.74, 6) is 1.49. The van der Waals surface area contributed by atoms with Crippen molar-refractivity contribution in [1.82, 2.24) is 14.9 Å². The maximum absolute atomic E-state index is 6.24. The van der Waals surface area contributed by atoms with E-state index in [0.29, 0.717) is 17.0 Å². The number of rotatable bonds is 4. The summed E-state index contributed by atoms with van der Waals surface area (Å²) in [6.45, 7) is 11.3. The molecule has 1 aliphatic heterocycles. The van der Waals surface area contributed by atoms with Gasteiger partial charge in [0.25, 0.3) is 0 Å². The summed E-state index contributed by atoms with van der Waals surface area (Å²) in [6.07, 6.45) is 1.68. The average molecular weight is 284 g/mol. The van der Waals surface area contributed by atoms with Gasteiger partial charge in [-0.05, 0) is 20.4 Å². The van der Waals surface area contributed by atoms with Crippen molar-refractivity contribution in [3.63, 3.8) is 0 Å². The second kappa shape index (κ2) is 6.39. The molecule has 5 nitrogen and oxygen atoms in total. The topological polar surface area (TPSA) is 44.3 Å². The molecular weight excluding hydrogens is 262 g/mol. The molecule has 0 saturated carbocycles. The molecule has 2 rings (SSSR count). The Balaban J connectivity index is 2.15. The summed E-state index contributed by atoms with van der Waals surface area (Å²) in [6, 6.07) is 0.521. The predicted molar refractivity (Wildman–Crippen MR) is 80.1 cm³/mol. The van der Waals surface area contributed by atoms with Crippen molar-refractivity contribution in [2.24, 2.45) is 0 Å². The van der Waals surface area contributed by atoms with Crippen molar-refractivity contribution < 1.29 is 0 Å². The van der Waals surface area contributed by atoms with Crippen LogP contribution in [0.5, 0.6) is 0 Å². The summed E-state index contributed by atoms with van der Waals surface area (Å²) in [5, 5.41) is 3.75. The molecule has 1 saturated heterocycles. The van der Waals surface area contributed by atoms with Crippen LogP contribution in [-0.4, -0.2) is 53.6 Å². The number of anilines is 2. The molecule has 0 bridgehead atoms. The van der Waals surface area contributed by atoms with Crippen molar-refractivity contribution in [2.75, 3.05) is 42.9 Å². The van der Waals surface area contributed by atoms with Gasteiger partial charge in [-0.2, -0.15) is 4.98 Å². The number of halogens is 1. The Labute approximate surface area is 120 Å². The standard InChI is InChI=1S/C13H22ClN5/c1-4-15-13-16-8-11(14)12(17-13)19-7-6-18(5-2)10(3)9-19/h8,10H,4-7,9H2,1-3H3,(H,15,16,17). The summed E-state index contributed by atoms with van der Waals surface area (Å²) in [4.78, 5) is 13.4. The van der Waals surface area contributed by atoms with Gasteiger partial charge in [-0.25, -0.2) is 4.98 Å². The second-order valence-corrected chi connectivity index (χ2v) is 5.23. The minimum absolute atomic E-state index is 0.521. The van der Waals surface area contributed by atoms with E-state index in [9.17, 15) is 0 Å². The first-order valence-corrected chi connectivity index (χ1v) is 7.28. The Hall–Kier alpha value is -1.07. The second-order valence-electron chi connectivity index (χ2n) is 4.82. The maximum Gasteiger partial charge on any atom is 0.224 e. The van der Waals surface area contributed by atoms with Gasteiger partial charge in [0.2, 0.25) is 5.95 Å². The lowest BCUT2D eigenvalue weighted by molar-refractivity contribution is 0.199. The van der Waals surface area contributed by atoms with Gasteiger partial charge in [0.15, 0.2) is 5.82 Å². The molecule has 1 aromatic heterocycles. The van der Waals surface area contributed by atoms with E-state index in [1.54, 1.807) is 6.20 Å². The summed E-state index contributed by atoms with van der Waals surface area (Å²) >= 11 is 6.24. The molecule has 6 heteroatoms. The number of nitrogens with zero attached hydrogens (tertiary/aromatic N) is 4. The van der Waals surface area contributed by atoms with Crippen LogP contribution in [0.2, 0.25) is 5.02 Å². The van der Waals surface area contributed by atoms with E-state index in [1.807, 2.05) is 6.92 Å². The van der Waals surface area contributed by atoms with Crippen LogP contribution in [0.1, 0.15) is 20.8 Å². The molecule has 1 fully saturated rings. The quantitative estimate of drug-likeness (QED) is 0.917. The van der Waals surface area contributed by atoms with Crippen molar-refractivity contribution in [1.29, 1.82) is 0 Å². The Bertz CT molecular complexity index is 425. The third kappa shape index (κ3) is 3.28. The van der Waals surface area contributed by atoms with Crippen LogP contribution in [0, 0.1) is 0 Å². The largest absolute Gasteiger partial charge is 0.354 e. The number of nitrogens with one attached hydrogen (secondary N) is 1. The Kier molecular flexibility index (Phi) is 4.82. The lowest BCUT2D eigenvalue weighted by Gasteiger charge is -2.40. The number of hydrogen-bond donors (Lipinski definition) is 1. The minimum atomic E-state index is 0.521. The SMILES string of the molecule is CCNc1ncc(Cl)c(N2CCN(CC)C(C)C2)n1. The van der Waals surface area contributed by atoms with E-state index in [-0.39, 0.29) is 0 Å². The molecule has 1 unspecified atom stereocenters. The summed E-state index contributed by atoms with van der Waals surface area (Å²) in [7, 11) is 0. The summed E-state index contributed by atoms with van der Waals surface area (Å²) < 4.78 is 0. The van der Waals surface area contributed by atoms with Crippen LogP contribution in [-0.2, 0) is 0 Å². The highest BCUT2D eigenvalue weighted by molar-refractivity contribution is 6.32. The average Bonchev–Trinajstić information content (AvgIpc) is 2.41. The highest BCUT2D eigenvalue weighted by Crippen LogP contribution is 2.25. The highest BCUT2D eigenvalue weighted by Gasteiger charge is 2.24. The van der Waals surface area contributed by atoms with Crippen LogP contribution in [0.3, 0.4) is 0 Å². The normalized spacial score (nSPS) is 20.6. The van der Waals surface area contributed by atoms with Crippen molar-refractivity contribution in [3.8, 4) is 0 Å². The third-order valence-corrected chi connectivity index (χ3v) is 3.80. The van der Waals surface area contributed by atoms with Gasteiger partial charge in [-0.3, -0.25) is 4.90 Å². The number of aromatic nitrogens is 2. The zero-order valence-corrected chi connectivity index (χ0v) is 12.6. The molecule has 2 heterocycles. The van der Waals surface area contributed by atoms with E-state index in [0.717, 1.165) is 38.5 Å². The number of piperazine rings is 1. The number of likely N-dealkylation sites (N-methyl/N-ethyl adjacent to an activating group) is 1. The van der Waals surface area contributed by atoms with E-state index in [1.165, 1.54) is 0 Å². The monoisotopic (exact) mass is 283 g/mol. The first kappa shape index (κ1) is 14.3. The van der Waals surface area contributed by atoms with Crippen molar-refractivity contribution >= 4 is 23.4 Å². The smallest absolute Gasteiger partial charge is 0.224 e. The molecule has 0 amide bonds. The highest BCUT2D eigenvalue weighted by atomic mass is 35.5. The molecule has 1 aromatic rings. The lowest BCUT2D eigenvalue weighted by Crippen LogP contribution is -2.52. The van der Waals surface area contributed by atoms with E-state index >= 15 is 0 Å². The summed E-state index contributed by atoms with van der Waals surface area (Å²) in [5.41, 5.74) is 0. The van der Waals surface area contributed by atoms with Crippen molar-refractivity contribution in [3.05, 3.63) is 11.2 Å². The molecule has 106 valence electrons. The van der Waals surface area contributed by atoms with Crippen LogP contribution in [0.25, 0.3) is 0 Å². The van der Waals surface area contributed by atoms with Gasteiger partial charge in [-0.15, -0.1) is 0 Å². The first-order chi connectivity index (χ1) is 9.15. The zero-order valence-electron chi connectivity index (χ0n) is 11.9. The van der Waals surface area contributed by atoms with Gasteiger partial charge in [-0.1, -0.05) is 18.5 Å². The fourth-order valence-electron chi connectivity index (χ4n) is 2.48. The molecule has 0 spiro atoms. The predicted octanol–water partition coefficient (Wildman–Crippen LogP) is 2.09. The Morgan fingerprint density at radius 1 is 1.42 bits per heavy atom.